The normalized spacial score (nSPS) is 15.3. The Bertz CT molecular complexity index is 1740. The number of hydrogen-bond acceptors (Lipinski definition) is 7. The zero-order valence-electron chi connectivity index (χ0n) is 20.2. The first-order valence-electron chi connectivity index (χ1n) is 11.4. The van der Waals surface area contributed by atoms with Crippen LogP contribution in [0.15, 0.2) is 86.1 Å². The average molecular weight is 515 g/mol. The van der Waals surface area contributed by atoms with Gasteiger partial charge in [-0.3, -0.25) is 14.2 Å². The van der Waals surface area contributed by atoms with Crippen molar-refractivity contribution in [2.75, 3.05) is 7.11 Å². The van der Waals surface area contributed by atoms with E-state index in [0.29, 0.717) is 43.4 Å². The highest BCUT2D eigenvalue weighted by molar-refractivity contribution is 7.07. The number of ether oxygens (including phenoxy) is 1. The third-order valence-corrected chi connectivity index (χ3v) is 7.13. The molecule has 2 aromatic heterocycles. The molecule has 9 heteroatoms. The monoisotopic (exact) mass is 514 g/mol. The minimum Gasteiger partial charge on any atom is -0.497 e. The molecule has 0 unspecified atom stereocenters. The number of nitrogens with zero attached hydrogens (tertiary/aromatic N) is 2. The first-order chi connectivity index (χ1) is 17.8. The number of carbonyl (C=O) groups excluding carboxylic acids is 1. The van der Waals surface area contributed by atoms with E-state index >= 15 is 0 Å². The van der Waals surface area contributed by atoms with E-state index in [1.54, 1.807) is 61.1 Å². The quantitative estimate of drug-likeness (QED) is 0.419. The Kier molecular flexibility index (Phi) is 6.22. The van der Waals surface area contributed by atoms with Crippen molar-refractivity contribution in [1.29, 1.82) is 0 Å². The van der Waals surface area contributed by atoms with Gasteiger partial charge < -0.3 is 14.3 Å². The van der Waals surface area contributed by atoms with Gasteiger partial charge in [-0.25, -0.2) is 9.79 Å². The zero-order valence-corrected chi connectivity index (χ0v) is 21.0. The summed E-state index contributed by atoms with van der Waals surface area (Å²) < 4.78 is 13.2. The minimum atomic E-state index is -1.00. The fourth-order valence-electron chi connectivity index (χ4n) is 4.36. The maximum atomic E-state index is 13.6. The molecule has 8 nitrogen and oxygen atoms in total. The Morgan fingerprint density at radius 3 is 2.41 bits per heavy atom. The Morgan fingerprint density at radius 2 is 1.78 bits per heavy atom. The van der Waals surface area contributed by atoms with Crippen LogP contribution in [0.25, 0.3) is 17.4 Å². The molecule has 0 bridgehead atoms. The molecule has 2 aromatic carbocycles. The molecule has 0 saturated heterocycles. The lowest BCUT2D eigenvalue weighted by Gasteiger charge is -2.24. The van der Waals surface area contributed by atoms with Gasteiger partial charge in [-0.2, -0.15) is 0 Å². The molecule has 1 N–H and O–H groups in total. The summed E-state index contributed by atoms with van der Waals surface area (Å²) >= 11 is 1.22. The summed E-state index contributed by atoms with van der Waals surface area (Å²) in [5.74, 6) is 0.527. The average Bonchev–Trinajstić information content (AvgIpc) is 3.47. The summed E-state index contributed by atoms with van der Waals surface area (Å²) in [6.45, 7) is 3.26. The molecule has 186 valence electrons. The maximum absolute atomic E-state index is 13.6. The van der Waals surface area contributed by atoms with Crippen molar-refractivity contribution in [3.63, 3.8) is 0 Å². The molecule has 1 aliphatic heterocycles. The lowest BCUT2D eigenvalue weighted by Crippen LogP contribution is -2.39. The topological polar surface area (TPSA) is 111 Å². The molecule has 1 atom stereocenters. The Balaban J connectivity index is 1.59. The number of aromatic carboxylic acids is 1. The second-order valence-corrected chi connectivity index (χ2v) is 9.50. The molecule has 37 heavy (non-hydrogen) atoms. The summed E-state index contributed by atoms with van der Waals surface area (Å²) in [5.41, 5.74) is 2.44. The van der Waals surface area contributed by atoms with Crippen LogP contribution in [0.3, 0.4) is 0 Å². The summed E-state index contributed by atoms with van der Waals surface area (Å²) in [6, 6.07) is 16.5. The highest BCUT2D eigenvalue weighted by Crippen LogP contribution is 2.31. The first kappa shape index (κ1) is 24.2. The van der Waals surface area contributed by atoms with Crippen molar-refractivity contribution in [2.45, 2.75) is 19.9 Å². The van der Waals surface area contributed by atoms with E-state index < -0.39 is 12.0 Å². The molecule has 0 fully saturated rings. The Hall–Kier alpha value is -4.50. The van der Waals surface area contributed by atoms with E-state index in [0.717, 1.165) is 5.56 Å². The van der Waals surface area contributed by atoms with Crippen LogP contribution >= 0.6 is 11.3 Å². The number of methoxy groups -OCH3 is 1. The number of carbonyl (C=O) groups is 2. The van der Waals surface area contributed by atoms with Crippen LogP contribution in [0.4, 0.5) is 0 Å². The third kappa shape index (κ3) is 4.45. The smallest absolute Gasteiger partial charge is 0.335 e. The fraction of sp³-hybridized carbons (Fsp3) is 0.143. The Morgan fingerprint density at radius 1 is 1.08 bits per heavy atom. The van der Waals surface area contributed by atoms with Crippen LogP contribution in [0.1, 0.15) is 41.6 Å². The lowest BCUT2D eigenvalue weighted by atomic mass is 9.93. The van der Waals surface area contributed by atoms with Gasteiger partial charge in [0.1, 0.15) is 17.3 Å². The van der Waals surface area contributed by atoms with Gasteiger partial charge in [0, 0.05) is 22.9 Å². The second kappa shape index (κ2) is 9.51. The molecule has 1 aliphatic rings. The third-order valence-electron chi connectivity index (χ3n) is 6.15. The van der Waals surface area contributed by atoms with Crippen molar-refractivity contribution in [3.05, 3.63) is 109 Å². The molecule has 4 aromatic rings. The van der Waals surface area contributed by atoms with Gasteiger partial charge in [-0.05, 0) is 55.8 Å². The number of aromatic nitrogens is 1. The second-order valence-electron chi connectivity index (χ2n) is 8.50. The number of hydrogen-bond donors (Lipinski definition) is 1. The molecule has 0 aliphatic carbocycles. The van der Waals surface area contributed by atoms with Crippen molar-refractivity contribution in [1.82, 2.24) is 4.57 Å². The van der Waals surface area contributed by atoms with Crippen molar-refractivity contribution in [2.24, 2.45) is 4.99 Å². The largest absolute Gasteiger partial charge is 0.497 e. The van der Waals surface area contributed by atoms with Gasteiger partial charge in [0.15, 0.2) is 10.6 Å². The van der Waals surface area contributed by atoms with Gasteiger partial charge in [0.25, 0.3) is 5.56 Å². The van der Waals surface area contributed by atoms with Crippen LogP contribution in [0.5, 0.6) is 5.75 Å². The van der Waals surface area contributed by atoms with Gasteiger partial charge >= 0.3 is 5.97 Å². The van der Waals surface area contributed by atoms with Crippen molar-refractivity contribution >= 4 is 29.2 Å². The number of carboxylic acids is 1. The summed E-state index contributed by atoms with van der Waals surface area (Å²) in [4.78, 5) is 42.4. The number of allylic oxidation sites excluding steroid dienone is 2. The van der Waals surface area contributed by atoms with E-state index in [9.17, 15) is 14.4 Å². The summed E-state index contributed by atoms with van der Waals surface area (Å²) in [5, 5.41) is 9.09. The van der Waals surface area contributed by atoms with Gasteiger partial charge in [-0.15, -0.1) is 0 Å². The van der Waals surface area contributed by atoms with Gasteiger partial charge in [0.2, 0.25) is 0 Å². The van der Waals surface area contributed by atoms with Gasteiger partial charge in [0.05, 0.1) is 23.2 Å². The van der Waals surface area contributed by atoms with E-state index in [1.165, 1.54) is 30.4 Å². The van der Waals surface area contributed by atoms with Crippen molar-refractivity contribution in [3.8, 4) is 17.1 Å². The molecule has 5 rings (SSSR count). The number of thiazole rings is 1. The highest BCUT2D eigenvalue weighted by Gasteiger charge is 2.30. The predicted octanol–water partition coefficient (Wildman–Crippen LogP) is 3.79. The SMILES string of the molecule is COc1ccc([C@H]2C(C(C)=O)=C(C)N=c3s/c(=C/c4ccc(-c5ccc(C(=O)O)cc5)o4)c(=O)n32)cc1. The minimum absolute atomic E-state index is 0.152. The highest BCUT2D eigenvalue weighted by atomic mass is 32.1. The standard InChI is InChI=1S/C28H22N2O6S/c1-15-24(16(2)31)25(18-8-10-20(35-3)11-9-18)30-26(32)23(37-28(30)29-15)14-21-12-13-22(36-21)17-4-6-19(7-5-17)27(33)34/h4-14,25H,1-3H3,(H,33,34)/b23-14+/t25-/m0/s1. The molecule has 0 saturated carbocycles. The molecular formula is C28H22N2O6S. The molecule has 3 heterocycles. The molecule has 0 amide bonds. The predicted molar refractivity (Wildman–Crippen MR) is 139 cm³/mol. The van der Waals surface area contributed by atoms with E-state index in [-0.39, 0.29) is 16.9 Å². The molecular weight excluding hydrogens is 492 g/mol. The fourth-order valence-corrected chi connectivity index (χ4v) is 5.39. The lowest BCUT2D eigenvalue weighted by molar-refractivity contribution is -0.114. The van der Waals surface area contributed by atoms with Crippen LogP contribution < -0.4 is 19.6 Å². The number of carboxylic acid groups (broad SMARTS) is 1. The number of ketones is 1. The van der Waals surface area contributed by atoms with Crippen LogP contribution in [0.2, 0.25) is 0 Å². The number of furan rings is 1. The number of Topliss-reactive ketones (excluding diaryl/α,β-unsaturated/α-hetero) is 1. The zero-order chi connectivity index (χ0) is 26.3. The Labute approximate surface area is 215 Å². The number of fused-ring (bicyclic) bond motifs is 1. The van der Waals surface area contributed by atoms with Gasteiger partial charge in [-0.1, -0.05) is 35.6 Å². The van der Waals surface area contributed by atoms with Crippen molar-refractivity contribution < 1.29 is 23.8 Å². The number of rotatable bonds is 6. The van der Waals surface area contributed by atoms with E-state index in [4.69, 9.17) is 14.3 Å². The maximum Gasteiger partial charge on any atom is 0.335 e. The summed E-state index contributed by atoms with van der Waals surface area (Å²) in [6.07, 6.45) is 1.65. The van der Waals surface area contributed by atoms with Crippen LogP contribution in [-0.2, 0) is 4.79 Å². The van der Waals surface area contributed by atoms with E-state index in [2.05, 4.69) is 4.99 Å². The van der Waals surface area contributed by atoms with Crippen LogP contribution in [0, 0.1) is 0 Å². The van der Waals surface area contributed by atoms with E-state index in [1.807, 2.05) is 12.1 Å². The molecule has 0 spiro atoms. The van der Waals surface area contributed by atoms with Crippen LogP contribution in [-0.4, -0.2) is 28.5 Å². The molecule has 0 radical (unpaired) electrons. The summed E-state index contributed by atoms with van der Waals surface area (Å²) in [7, 11) is 1.58. The number of benzene rings is 2. The first-order valence-corrected chi connectivity index (χ1v) is 12.2.